The Bertz CT molecular complexity index is 1100. The zero-order valence-electron chi connectivity index (χ0n) is 15.4. The lowest BCUT2D eigenvalue weighted by Crippen LogP contribution is -2.22. The van der Waals surface area contributed by atoms with Crippen LogP contribution in [-0.2, 0) is 22.4 Å². The van der Waals surface area contributed by atoms with Gasteiger partial charge >= 0.3 is 5.97 Å². The van der Waals surface area contributed by atoms with Gasteiger partial charge in [-0.15, -0.1) is 34.0 Å². The molecule has 1 aliphatic carbocycles. The van der Waals surface area contributed by atoms with Gasteiger partial charge in [-0.2, -0.15) is 0 Å². The zero-order valence-corrected chi connectivity index (χ0v) is 17.9. The van der Waals surface area contributed by atoms with Crippen molar-refractivity contribution in [1.82, 2.24) is 4.98 Å². The number of fused-ring (bicyclic) bond motifs is 1. The molecule has 2 amide bonds. The molecule has 0 saturated heterocycles. The van der Waals surface area contributed by atoms with E-state index in [2.05, 4.69) is 10.3 Å². The molecule has 4 rings (SSSR count). The second-order valence-corrected chi connectivity index (χ2v) is 9.51. The van der Waals surface area contributed by atoms with Crippen molar-refractivity contribution in [3.63, 3.8) is 0 Å². The summed E-state index contributed by atoms with van der Waals surface area (Å²) in [6, 6.07) is 3.85. The first-order valence-corrected chi connectivity index (χ1v) is 11.4. The molecule has 0 atom stereocenters. The minimum absolute atomic E-state index is 0.370. The number of carbonyl (C=O) groups is 3. The first-order valence-electron chi connectivity index (χ1n) is 8.86. The first-order chi connectivity index (χ1) is 13.9. The Morgan fingerprint density at radius 2 is 2.10 bits per heavy atom. The van der Waals surface area contributed by atoms with E-state index in [1.165, 1.54) is 34.0 Å². The van der Waals surface area contributed by atoms with Gasteiger partial charge in [0.1, 0.15) is 14.9 Å². The van der Waals surface area contributed by atoms with Gasteiger partial charge in [0.05, 0.1) is 16.1 Å². The number of ether oxygens (including phenoxy) is 1. The molecule has 29 heavy (non-hydrogen) atoms. The second-order valence-electron chi connectivity index (χ2n) is 6.46. The Morgan fingerprint density at radius 3 is 2.83 bits per heavy atom. The van der Waals surface area contributed by atoms with Gasteiger partial charge in [0.25, 0.3) is 11.8 Å². The minimum Gasteiger partial charge on any atom is -0.451 e. The number of carbonyl (C=O) groups excluding carboxylic acids is 3. The molecule has 0 fully saturated rings. The number of aryl methyl sites for hydroxylation is 2. The largest absolute Gasteiger partial charge is 0.451 e. The third kappa shape index (κ3) is 3.96. The molecule has 0 saturated carbocycles. The van der Waals surface area contributed by atoms with Crippen LogP contribution in [0.5, 0.6) is 0 Å². The molecule has 0 unspecified atom stereocenters. The number of anilines is 1. The smallest absolute Gasteiger partial charge is 0.350 e. The highest BCUT2D eigenvalue weighted by atomic mass is 32.1. The van der Waals surface area contributed by atoms with Crippen LogP contribution in [0.1, 0.15) is 42.6 Å². The number of thiazole rings is 1. The van der Waals surface area contributed by atoms with E-state index in [4.69, 9.17) is 10.5 Å². The number of thiophene rings is 2. The Morgan fingerprint density at radius 1 is 1.28 bits per heavy atom. The van der Waals surface area contributed by atoms with Crippen LogP contribution in [0.25, 0.3) is 9.88 Å². The van der Waals surface area contributed by atoms with Crippen LogP contribution in [0.15, 0.2) is 17.5 Å². The number of esters is 1. The number of aromatic nitrogens is 1. The van der Waals surface area contributed by atoms with Gasteiger partial charge < -0.3 is 15.8 Å². The zero-order chi connectivity index (χ0) is 20.5. The van der Waals surface area contributed by atoms with Crippen molar-refractivity contribution in [1.29, 1.82) is 0 Å². The van der Waals surface area contributed by atoms with Crippen LogP contribution in [0, 0.1) is 6.92 Å². The molecule has 0 radical (unpaired) electrons. The summed E-state index contributed by atoms with van der Waals surface area (Å²) >= 11 is 4.13. The molecular formula is C19H17N3O4S3. The van der Waals surface area contributed by atoms with Gasteiger partial charge in [-0.25, -0.2) is 9.78 Å². The Hall–Kier alpha value is -2.56. The fraction of sp³-hybridized carbons (Fsp3) is 0.263. The number of nitrogens with two attached hydrogens (primary N) is 1. The molecule has 3 aromatic rings. The lowest BCUT2D eigenvalue weighted by Gasteiger charge is -2.06. The van der Waals surface area contributed by atoms with Crippen LogP contribution in [0.3, 0.4) is 0 Å². The quantitative estimate of drug-likeness (QED) is 0.561. The number of primary amides is 1. The van der Waals surface area contributed by atoms with Crippen LogP contribution < -0.4 is 11.1 Å². The molecule has 0 bridgehead atoms. The normalized spacial score (nSPS) is 12.6. The predicted octanol–water partition coefficient (Wildman–Crippen LogP) is 3.62. The van der Waals surface area contributed by atoms with Crippen molar-refractivity contribution in [2.75, 3.05) is 11.9 Å². The lowest BCUT2D eigenvalue weighted by atomic mass is 10.1. The maximum atomic E-state index is 12.4. The maximum Gasteiger partial charge on any atom is 0.350 e. The summed E-state index contributed by atoms with van der Waals surface area (Å²) in [5.74, 6) is -1.67. The van der Waals surface area contributed by atoms with Crippen molar-refractivity contribution >= 4 is 56.8 Å². The van der Waals surface area contributed by atoms with Crippen LogP contribution >= 0.6 is 34.0 Å². The van der Waals surface area contributed by atoms with Gasteiger partial charge in [0.15, 0.2) is 6.61 Å². The second kappa shape index (κ2) is 8.05. The van der Waals surface area contributed by atoms with Crippen molar-refractivity contribution in [2.24, 2.45) is 5.73 Å². The molecule has 10 heteroatoms. The number of nitrogens with zero attached hydrogens (tertiary/aromatic N) is 1. The Balaban J connectivity index is 1.41. The molecule has 3 N–H and O–H groups in total. The highest BCUT2D eigenvalue weighted by Crippen LogP contribution is 2.38. The number of nitrogens with one attached hydrogen (secondary N) is 1. The van der Waals surface area contributed by atoms with E-state index in [0.29, 0.717) is 21.1 Å². The molecule has 0 spiro atoms. The molecule has 3 aromatic heterocycles. The fourth-order valence-corrected chi connectivity index (χ4v) is 6.27. The van der Waals surface area contributed by atoms with Gasteiger partial charge in [-0.05, 0) is 43.2 Å². The Labute approximate surface area is 178 Å². The molecule has 150 valence electrons. The molecule has 3 heterocycles. The summed E-state index contributed by atoms with van der Waals surface area (Å²) in [7, 11) is 0. The SMILES string of the molecule is Cc1nc(-c2cccs2)sc1C(=O)OCC(=O)Nc1sc2c(c1C(N)=O)CCC2. The lowest BCUT2D eigenvalue weighted by molar-refractivity contribution is -0.119. The standard InChI is InChI=1S/C19H17N3O4S3/c1-9-15(29-17(21-9)12-6-3-7-27-12)19(25)26-8-13(23)22-18-14(16(20)24)10-4-2-5-11(10)28-18/h3,6-7H,2,4-5,8H2,1H3,(H2,20,24)(H,22,23). The van der Waals surface area contributed by atoms with Crippen LogP contribution in [-0.4, -0.2) is 29.4 Å². The third-order valence-electron chi connectivity index (χ3n) is 4.47. The highest BCUT2D eigenvalue weighted by Gasteiger charge is 2.26. The Kier molecular flexibility index (Phi) is 5.48. The van der Waals surface area contributed by atoms with Crippen LogP contribution in [0.4, 0.5) is 5.00 Å². The molecule has 0 aromatic carbocycles. The van der Waals surface area contributed by atoms with Gasteiger partial charge in [0, 0.05) is 4.88 Å². The van der Waals surface area contributed by atoms with Gasteiger partial charge in [-0.3, -0.25) is 9.59 Å². The summed E-state index contributed by atoms with van der Waals surface area (Å²) in [4.78, 5) is 43.3. The summed E-state index contributed by atoms with van der Waals surface area (Å²) in [5.41, 5.74) is 7.36. The number of hydrogen-bond donors (Lipinski definition) is 2. The fourth-order valence-electron chi connectivity index (χ4n) is 3.20. The van der Waals surface area contributed by atoms with E-state index in [9.17, 15) is 14.4 Å². The van der Waals surface area contributed by atoms with Crippen molar-refractivity contribution in [2.45, 2.75) is 26.2 Å². The minimum atomic E-state index is -0.596. The monoisotopic (exact) mass is 447 g/mol. The van der Waals surface area contributed by atoms with Crippen LogP contribution in [0.2, 0.25) is 0 Å². The predicted molar refractivity (Wildman–Crippen MR) is 114 cm³/mol. The molecular weight excluding hydrogens is 430 g/mol. The van der Waals surface area contributed by atoms with E-state index in [1.807, 2.05) is 17.5 Å². The molecule has 0 aliphatic heterocycles. The number of hydrogen-bond acceptors (Lipinski definition) is 8. The molecule has 7 nitrogen and oxygen atoms in total. The first kappa shape index (κ1) is 19.7. The van der Waals surface area contributed by atoms with Crippen molar-refractivity contribution in [3.05, 3.63) is 44.1 Å². The average Bonchev–Trinajstić information content (AvgIpc) is 3.42. The van der Waals surface area contributed by atoms with E-state index >= 15 is 0 Å². The van der Waals surface area contributed by atoms with Gasteiger partial charge in [0.2, 0.25) is 0 Å². The molecule has 1 aliphatic rings. The van der Waals surface area contributed by atoms with Crippen molar-refractivity contribution in [3.8, 4) is 9.88 Å². The average molecular weight is 448 g/mol. The summed E-state index contributed by atoms with van der Waals surface area (Å²) < 4.78 is 5.16. The topological polar surface area (TPSA) is 111 Å². The van der Waals surface area contributed by atoms with Crippen molar-refractivity contribution < 1.29 is 19.1 Å². The number of rotatable bonds is 6. The van der Waals surface area contributed by atoms with E-state index in [-0.39, 0.29) is 0 Å². The summed E-state index contributed by atoms with van der Waals surface area (Å²) in [6.07, 6.45) is 2.64. The maximum absolute atomic E-state index is 12.4. The number of amides is 2. The van der Waals surface area contributed by atoms with E-state index in [0.717, 1.165) is 39.6 Å². The van der Waals surface area contributed by atoms with E-state index < -0.39 is 24.4 Å². The van der Waals surface area contributed by atoms with E-state index in [1.54, 1.807) is 6.92 Å². The summed E-state index contributed by atoms with van der Waals surface area (Å²) in [5, 5.41) is 5.77. The van der Waals surface area contributed by atoms with Gasteiger partial charge in [-0.1, -0.05) is 6.07 Å². The summed E-state index contributed by atoms with van der Waals surface area (Å²) in [6.45, 7) is 1.28. The third-order valence-corrected chi connectivity index (χ3v) is 7.85. The highest BCUT2D eigenvalue weighted by molar-refractivity contribution is 7.22.